The molecule has 106 valence electrons. The highest BCUT2D eigenvalue weighted by Crippen LogP contribution is 2.20. The average molecular weight is 264 g/mol. The van der Waals surface area contributed by atoms with Gasteiger partial charge in [-0.05, 0) is 45.7 Å². The summed E-state index contributed by atoms with van der Waals surface area (Å²) in [5.74, 6) is 0. The van der Waals surface area contributed by atoms with Crippen LogP contribution in [0.5, 0.6) is 0 Å². The summed E-state index contributed by atoms with van der Waals surface area (Å²) in [6.07, 6.45) is -0.447. The molecule has 0 saturated heterocycles. The molecule has 3 N–H and O–H groups in total. The lowest BCUT2D eigenvalue weighted by Gasteiger charge is -2.28. The second-order valence-electron chi connectivity index (χ2n) is 6.09. The van der Waals surface area contributed by atoms with E-state index in [-0.39, 0.29) is 0 Å². The van der Waals surface area contributed by atoms with Crippen LogP contribution in [0.2, 0.25) is 0 Å². The maximum atomic E-state index is 11.6. The Morgan fingerprint density at radius 2 is 1.84 bits per heavy atom. The number of alkyl carbamates (subject to hydrolysis) is 1. The van der Waals surface area contributed by atoms with Crippen LogP contribution in [-0.4, -0.2) is 18.2 Å². The van der Waals surface area contributed by atoms with Crippen molar-refractivity contribution in [3.63, 3.8) is 0 Å². The van der Waals surface area contributed by atoms with Gasteiger partial charge in [-0.3, -0.25) is 0 Å². The van der Waals surface area contributed by atoms with Crippen LogP contribution in [0, 0.1) is 6.92 Å². The van der Waals surface area contributed by atoms with E-state index in [2.05, 4.69) is 5.32 Å². The molecule has 1 rings (SSSR count). The summed E-state index contributed by atoms with van der Waals surface area (Å²) in [6.45, 7) is 9.72. The fraction of sp³-hybridized carbons (Fsp3) is 0.533. The zero-order valence-electron chi connectivity index (χ0n) is 12.4. The van der Waals surface area contributed by atoms with Crippen LogP contribution in [0.15, 0.2) is 24.3 Å². The molecule has 0 aliphatic carbocycles. The van der Waals surface area contributed by atoms with E-state index in [4.69, 9.17) is 10.5 Å². The number of amides is 1. The number of aryl methyl sites for hydroxylation is 1. The predicted octanol–water partition coefficient (Wildman–Crippen LogP) is 2.69. The third-order valence-corrected chi connectivity index (χ3v) is 2.76. The van der Waals surface area contributed by atoms with Gasteiger partial charge in [0.25, 0.3) is 0 Å². The number of hydrogen-bond donors (Lipinski definition) is 2. The minimum absolute atomic E-state index is 0.326. The van der Waals surface area contributed by atoms with Crippen LogP contribution in [0.25, 0.3) is 0 Å². The molecule has 0 heterocycles. The minimum Gasteiger partial charge on any atom is -0.444 e. The number of nitrogens with two attached hydrogens (primary N) is 1. The Hall–Kier alpha value is -1.55. The van der Waals surface area contributed by atoms with E-state index >= 15 is 0 Å². The lowest BCUT2D eigenvalue weighted by Crippen LogP contribution is -2.46. The van der Waals surface area contributed by atoms with E-state index in [1.54, 1.807) is 0 Å². The van der Waals surface area contributed by atoms with Gasteiger partial charge in [-0.15, -0.1) is 0 Å². The standard InChI is InChI=1S/C15H24N2O2/c1-11-8-6-7-9-12(11)15(5,16)10-17-13(18)19-14(2,3)4/h6-9H,10,16H2,1-5H3,(H,17,18). The molecule has 0 aliphatic heterocycles. The van der Waals surface area contributed by atoms with Crippen LogP contribution in [0.1, 0.15) is 38.8 Å². The third kappa shape index (κ3) is 4.91. The van der Waals surface area contributed by atoms with E-state index in [1.807, 2.05) is 58.9 Å². The van der Waals surface area contributed by atoms with Crippen molar-refractivity contribution in [1.82, 2.24) is 5.32 Å². The Labute approximate surface area is 115 Å². The first-order valence-corrected chi connectivity index (χ1v) is 6.44. The number of carbonyl (C=O) groups is 1. The fourth-order valence-corrected chi connectivity index (χ4v) is 1.88. The molecule has 1 atom stereocenters. The SMILES string of the molecule is Cc1ccccc1C(C)(N)CNC(=O)OC(C)(C)C. The number of ether oxygens (including phenoxy) is 1. The Morgan fingerprint density at radius 1 is 1.26 bits per heavy atom. The quantitative estimate of drug-likeness (QED) is 0.882. The first-order chi connectivity index (χ1) is 8.62. The minimum atomic E-state index is -0.623. The normalized spacial score (nSPS) is 14.6. The van der Waals surface area contributed by atoms with Gasteiger partial charge in [0.1, 0.15) is 5.60 Å². The summed E-state index contributed by atoms with van der Waals surface area (Å²) in [5.41, 5.74) is 7.28. The second kappa shape index (κ2) is 5.61. The van der Waals surface area contributed by atoms with Crippen molar-refractivity contribution in [2.24, 2.45) is 5.73 Å². The number of nitrogens with one attached hydrogen (secondary N) is 1. The maximum absolute atomic E-state index is 11.6. The molecule has 0 fully saturated rings. The fourth-order valence-electron chi connectivity index (χ4n) is 1.88. The molecule has 1 amide bonds. The number of hydrogen-bond acceptors (Lipinski definition) is 3. The van der Waals surface area contributed by atoms with E-state index in [1.165, 1.54) is 0 Å². The van der Waals surface area contributed by atoms with Gasteiger partial charge in [0, 0.05) is 6.54 Å². The van der Waals surface area contributed by atoms with Crippen molar-refractivity contribution in [2.45, 2.75) is 45.8 Å². The van der Waals surface area contributed by atoms with Gasteiger partial charge in [-0.2, -0.15) is 0 Å². The number of benzene rings is 1. The molecule has 0 radical (unpaired) electrons. The lowest BCUT2D eigenvalue weighted by atomic mass is 9.89. The molecule has 0 bridgehead atoms. The summed E-state index contributed by atoms with van der Waals surface area (Å²) in [4.78, 5) is 11.6. The van der Waals surface area contributed by atoms with Gasteiger partial charge >= 0.3 is 6.09 Å². The number of rotatable bonds is 3. The molecular formula is C15H24N2O2. The van der Waals surface area contributed by atoms with Gasteiger partial charge in [0.2, 0.25) is 0 Å². The van der Waals surface area contributed by atoms with Crippen molar-refractivity contribution < 1.29 is 9.53 Å². The molecule has 0 spiro atoms. The Morgan fingerprint density at radius 3 is 2.37 bits per heavy atom. The molecule has 4 heteroatoms. The van der Waals surface area contributed by atoms with Crippen LogP contribution in [0.3, 0.4) is 0 Å². The smallest absolute Gasteiger partial charge is 0.407 e. The zero-order valence-corrected chi connectivity index (χ0v) is 12.4. The molecule has 1 aromatic carbocycles. The van der Waals surface area contributed by atoms with Gasteiger partial charge in [-0.1, -0.05) is 24.3 Å². The van der Waals surface area contributed by atoms with Crippen LogP contribution in [-0.2, 0) is 10.3 Å². The highest BCUT2D eigenvalue weighted by molar-refractivity contribution is 5.67. The third-order valence-electron chi connectivity index (χ3n) is 2.76. The predicted molar refractivity (Wildman–Crippen MR) is 77.0 cm³/mol. The molecule has 19 heavy (non-hydrogen) atoms. The van der Waals surface area contributed by atoms with Crippen molar-refractivity contribution in [3.05, 3.63) is 35.4 Å². The first kappa shape index (κ1) is 15.5. The molecule has 1 aromatic rings. The van der Waals surface area contributed by atoms with Gasteiger partial charge in [-0.25, -0.2) is 4.79 Å². The number of carbonyl (C=O) groups excluding carboxylic acids is 1. The average Bonchev–Trinajstić information content (AvgIpc) is 2.24. The highest BCUT2D eigenvalue weighted by atomic mass is 16.6. The summed E-state index contributed by atoms with van der Waals surface area (Å²) in [5, 5.41) is 2.72. The van der Waals surface area contributed by atoms with Crippen LogP contribution < -0.4 is 11.1 Å². The maximum Gasteiger partial charge on any atom is 0.407 e. The van der Waals surface area contributed by atoms with Crippen molar-refractivity contribution in [2.75, 3.05) is 6.54 Å². The van der Waals surface area contributed by atoms with E-state index in [0.29, 0.717) is 6.54 Å². The van der Waals surface area contributed by atoms with Crippen molar-refractivity contribution in [3.8, 4) is 0 Å². The van der Waals surface area contributed by atoms with E-state index in [0.717, 1.165) is 11.1 Å². The van der Waals surface area contributed by atoms with Crippen molar-refractivity contribution in [1.29, 1.82) is 0 Å². The van der Waals surface area contributed by atoms with Gasteiger partial charge in [0.15, 0.2) is 0 Å². The lowest BCUT2D eigenvalue weighted by molar-refractivity contribution is 0.0516. The topological polar surface area (TPSA) is 64.3 Å². The zero-order chi connectivity index (χ0) is 14.7. The van der Waals surface area contributed by atoms with Crippen LogP contribution >= 0.6 is 0 Å². The first-order valence-electron chi connectivity index (χ1n) is 6.44. The van der Waals surface area contributed by atoms with E-state index in [9.17, 15) is 4.79 Å². The second-order valence-corrected chi connectivity index (χ2v) is 6.09. The highest BCUT2D eigenvalue weighted by Gasteiger charge is 2.25. The van der Waals surface area contributed by atoms with Crippen LogP contribution in [0.4, 0.5) is 4.79 Å². The molecule has 0 saturated carbocycles. The monoisotopic (exact) mass is 264 g/mol. The molecular weight excluding hydrogens is 240 g/mol. The molecule has 4 nitrogen and oxygen atoms in total. The molecule has 1 unspecified atom stereocenters. The Bertz CT molecular complexity index is 448. The van der Waals surface area contributed by atoms with Gasteiger partial charge < -0.3 is 15.8 Å². The summed E-state index contributed by atoms with van der Waals surface area (Å²) < 4.78 is 5.19. The van der Waals surface area contributed by atoms with Gasteiger partial charge in [0.05, 0.1) is 5.54 Å². The summed E-state index contributed by atoms with van der Waals surface area (Å²) >= 11 is 0. The largest absolute Gasteiger partial charge is 0.444 e. The Kier molecular flexibility index (Phi) is 4.58. The summed E-state index contributed by atoms with van der Waals surface area (Å²) in [7, 11) is 0. The summed E-state index contributed by atoms with van der Waals surface area (Å²) in [6, 6.07) is 7.90. The van der Waals surface area contributed by atoms with E-state index < -0.39 is 17.2 Å². The Balaban J connectivity index is 2.66. The molecule has 0 aliphatic rings. The molecule has 0 aromatic heterocycles. The van der Waals surface area contributed by atoms with Crippen molar-refractivity contribution >= 4 is 6.09 Å².